The Morgan fingerprint density at radius 3 is 2.93 bits per heavy atom. The largest absolute Gasteiger partial charge is 0.336 e. The zero-order valence-electron chi connectivity index (χ0n) is 15.2. The van der Waals surface area contributed by atoms with Crippen molar-refractivity contribution in [2.45, 2.75) is 19.0 Å². The number of hydrogen-bond acceptors (Lipinski definition) is 5. The molecule has 0 N–H and O–H groups in total. The van der Waals surface area contributed by atoms with Crippen LogP contribution in [0, 0.1) is 0 Å². The third-order valence-corrected chi connectivity index (χ3v) is 5.16. The van der Waals surface area contributed by atoms with Crippen LogP contribution >= 0.6 is 0 Å². The summed E-state index contributed by atoms with van der Waals surface area (Å²) in [5.41, 5.74) is 2.97. The number of likely N-dealkylation sites (tertiary alicyclic amines) is 1. The van der Waals surface area contributed by atoms with E-state index in [1.807, 2.05) is 39.9 Å². The molecule has 1 fully saturated rings. The standard InChI is InChI=1S/C20H19N7O/c28-20(25-7-4-17(12-25)26-8-6-21-13-26)15-9-18-19(23-10-15)27(14-24-18)11-16-3-1-2-5-22-16/h1-3,5-6,8-10,13-14,17H,4,7,11-12H2. The fraction of sp³-hybridized carbons (Fsp3) is 0.250. The fourth-order valence-corrected chi connectivity index (χ4v) is 3.69. The molecule has 4 aromatic heterocycles. The summed E-state index contributed by atoms with van der Waals surface area (Å²) >= 11 is 0. The van der Waals surface area contributed by atoms with Gasteiger partial charge in [-0.15, -0.1) is 0 Å². The SMILES string of the molecule is O=C(c1cnc2c(c1)ncn2Cc1ccccn1)N1CCC(n2ccnc2)C1. The van der Waals surface area contributed by atoms with Gasteiger partial charge in [0.2, 0.25) is 0 Å². The lowest BCUT2D eigenvalue weighted by Gasteiger charge is -2.17. The Hall–Kier alpha value is -3.55. The molecule has 8 nitrogen and oxygen atoms in total. The number of nitrogens with zero attached hydrogens (tertiary/aromatic N) is 7. The van der Waals surface area contributed by atoms with Crippen LogP contribution in [0.5, 0.6) is 0 Å². The maximum atomic E-state index is 12.9. The first-order chi connectivity index (χ1) is 13.8. The zero-order valence-corrected chi connectivity index (χ0v) is 15.2. The average molecular weight is 373 g/mol. The van der Waals surface area contributed by atoms with Crippen molar-refractivity contribution in [1.29, 1.82) is 0 Å². The number of carbonyl (C=O) groups excluding carboxylic acids is 1. The van der Waals surface area contributed by atoms with Crippen LogP contribution < -0.4 is 0 Å². The van der Waals surface area contributed by atoms with E-state index in [1.165, 1.54) is 0 Å². The van der Waals surface area contributed by atoms with Gasteiger partial charge in [-0.2, -0.15) is 0 Å². The van der Waals surface area contributed by atoms with Crippen LogP contribution in [0.3, 0.4) is 0 Å². The normalized spacial score (nSPS) is 16.7. The zero-order chi connectivity index (χ0) is 18.9. The Morgan fingerprint density at radius 1 is 1.14 bits per heavy atom. The summed E-state index contributed by atoms with van der Waals surface area (Å²) in [7, 11) is 0. The van der Waals surface area contributed by atoms with E-state index < -0.39 is 0 Å². The lowest BCUT2D eigenvalue weighted by molar-refractivity contribution is 0.0787. The van der Waals surface area contributed by atoms with Gasteiger partial charge in [0.1, 0.15) is 5.52 Å². The Kier molecular flexibility index (Phi) is 4.08. The molecule has 0 spiro atoms. The Bertz CT molecular complexity index is 1100. The molecule has 140 valence electrons. The highest BCUT2D eigenvalue weighted by Gasteiger charge is 2.28. The van der Waals surface area contributed by atoms with Crippen LogP contribution in [-0.4, -0.2) is 53.0 Å². The summed E-state index contributed by atoms with van der Waals surface area (Å²) in [6.45, 7) is 2.01. The van der Waals surface area contributed by atoms with Gasteiger partial charge in [0.15, 0.2) is 5.65 Å². The summed E-state index contributed by atoms with van der Waals surface area (Å²) in [6, 6.07) is 7.92. The van der Waals surface area contributed by atoms with Crippen molar-refractivity contribution in [3.05, 3.63) is 73.0 Å². The quantitative estimate of drug-likeness (QED) is 0.547. The monoisotopic (exact) mass is 373 g/mol. The predicted octanol–water partition coefficient (Wildman–Crippen LogP) is 2.16. The van der Waals surface area contributed by atoms with E-state index in [0.717, 1.165) is 24.3 Å². The van der Waals surface area contributed by atoms with Gasteiger partial charge in [-0.1, -0.05) is 6.07 Å². The molecule has 4 aromatic rings. The molecule has 1 atom stereocenters. The molecule has 28 heavy (non-hydrogen) atoms. The lowest BCUT2D eigenvalue weighted by atomic mass is 10.2. The lowest BCUT2D eigenvalue weighted by Crippen LogP contribution is -2.29. The van der Waals surface area contributed by atoms with Gasteiger partial charge in [-0.25, -0.2) is 15.0 Å². The van der Waals surface area contributed by atoms with Crippen LogP contribution in [0.2, 0.25) is 0 Å². The number of carbonyl (C=O) groups is 1. The molecule has 1 aliphatic rings. The molecular formula is C20H19N7O. The first-order valence-corrected chi connectivity index (χ1v) is 9.25. The van der Waals surface area contributed by atoms with Crippen molar-refractivity contribution in [1.82, 2.24) is 34.0 Å². The molecule has 1 saturated heterocycles. The number of hydrogen-bond donors (Lipinski definition) is 0. The average Bonchev–Trinajstić information content (AvgIpc) is 3.48. The smallest absolute Gasteiger partial charge is 0.255 e. The van der Waals surface area contributed by atoms with Crippen molar-refractivity contribution >= 4 is 17.1 Å². The highest BCUT2D eigenvalue weighted by atomic mass is 16.2. The van der Waals surface area contributed by atoms with E-state index in [1.54, 1.807) is 31.2 Å². The molecule has 0 aliphatic carbocycles. The van der Waals surface area contributed by atoms with Crippen LogP contribution in [-0.2, 0) is 6.54 Å². The highest BCUT2D eigenvalue weighted by Crippen LogP contribution is 2.23. The fourth-order valence-electron chi connectivity index (χ4n) is 3.69. The van der Waals surface area contributed by atoms with Crippen LogP contribution in [0.25, 0.3) is 11.2 Å². The van der Waals surface area contributed by atoms with Gasteiger partial charge in [0, 0.05) is 37.9 Å². The van der Waals surface area contributed by atoms with E-state index in [-0.39, 0.29) is 11.9 Å². The number of fused-ring (bicyclic) bond motifs is 1. The maximum Gasteiger partial charge on any atom is 0.255 e. The van der Waals surface area contributed by atoms with E-state index in [0.29, 0.717) is 24.2 Å². The van der Waals surface area contributed by atoms with Crippen LogP contribution in [0.1, 0.15) is 28.5 Å². The highest BCUT2D eigenvalue weighted by molar-refractivity contribution is 5.96. The number of pyridine rings is 2. The number of imidazole rings is 2. The van der Waals surface area contributed by atoms with E-state index >= 15 is 0 Å². The van der Waals surface area contributed by atoms with Gasteiger partial charge in [-0.05, 0) is 24.6 Å². The Labute approximate surface area is 161 Å². The third-order valence-electron chi connectivity index (χ3n) is 5.16. The Balaban J connectivity index is 1.35. The molecule has 0 radical (unpaired) electrons. The molecule has 5 rings (SSSR count). The summed E-state index contributed by atoms with van der Waals surface area (Å²) < 4.78 is 4.00. The molecule has 0 aromatic carbocycles. The summed E-state index contributed by atoms with van der Waals surface area (Å²) in [5, 5.41) is 0. The number of rotatable bonds is 4. The minimum Gasteiger partial charge on any atom is -0.336 e. The number of amides is 1. The second kappa shape index (κ2) is 6.88. The van der Waals surface area contributed by atoms with Gasteiger partial charge in [0.25, 0.3) is 5.91 Å². The van der Waals surface area contributed by atoms with Gasteiger partial charge in [-0.3, -0.25) is 9.78 Å². The van der Waals surface area contributed by atoms with Gasteiger partial charge < -0.3 is 14.0 Å². The summed E-state index contributed by atoms with van der Waals surface area (Å²) in [5.74, 6) is -0.00343. The first-order valence-electron chi connectivity index (χ1n) is 9.25. The van der Waals surface area contributed by atoms with Gasteiger partial charge >= 0.3 is 0 Å². The molecular weight excluding hydrogens is 354 g/mol. The predicted molar refractivity (Wildman–Crippen MR) is 103 cm³/mol. The second-order valence-electron chi connectivity index (χ2n) is 6.96. The van der Waals surface area contributed by atoms with Crippen LogP contribution in [0.15, 0.2) is 61.7 Å². The molecule has 5 heterocycles. The van der Waals surface area contributed by atoms with E-state index in [9.17, 15) is 4.79 Å². The van der Waals surface area contributed by atoms with Crippen molar-refractivity contribution in [2.75, 3.05) is 13.1 Å². The molecule has 0 bridgehead atoms. The summed E-state index contributed by atoms with van der Waals surface area (Å²) in [6.07, 6.45) is 11.6. The molecule has 1 amide bonds. The Morgan fingerprint density at radius 2 is 2.11 bits per heavy atom. The van der Waals surface area contributed by atoms with Crippen molar-refractivity contribution in [3.63, 3.8) is 0 Å². The summed E-state index contributed by atoms with van der Waals surface area (Å²) in [4.78, 5) is 32.2. The van der Waals surface area contributed by atoms with Crippen molar-refractivity contribution in [3.8, 4) is 0 Å². The van der Waals surface area contributed by atoms with E-state index in [4.69, 9.17) is 0 Å². The van der Waals surface area contributed by atoms with E-state index in [2.05, 4.69) is 24.5 Å². The van der Waals surface area contributed by atoms with Gasteiger partial charge in [0.05, 0.1) is 36.5 Å². The molecule has 1 aliphatic heterocycles. The minimum absolute atomic E-state index is 0.00343. The maximum absolute atomic E-state index is 12.9. The number of aromatic nitrogens is 6. The van der Waals surface area contributed by atoms with Crippen molar-refractivity contribution in [2.24, 2.45) is 0 Å². The third kappa shape index (κ3) is 3.02. The molecule has 1 unspecified atom stereocenters. The topological polar surface area (TPSA) is 81.7 Å². The molecule has 0 saturated carbocycles. The molecule has 8 heteroatoms. The minimum atomic E-state index is -0.00343. The second-order valence-corrected chi connectivity index (χ2v) is 6.96. The first kappa shape index (κ1) is 16.6. The van der Waals surface area contributed by atoms with Crippen molar-refractivity contribution < 1.29 is 4.79 Å². The van der Waals surface area contributed by atoms with Crippen LogP contribution in [0.4, 0.5) is 0 Å².